The van der Waals surface area contributed by atoms with Gasteiger partial charge in [0.05, 0.1) is 30.0 Å². The summed E-state index contributed by atoms with van der Waals surface area (Å²) in [6.07, 6.45) is 1.10. The fourth-order valence-corrected chi connectivity index (χ4v) is 2.56. The summed E-state index contributed by atoms with van der Waals surface area (Å²) in [5.41, 5.74) is 8.21. The first-order valence-corrected chi connectivity index (χ1v) is 7.02. The number of aryl methyl sites for hydroxylation is 1. The minimum absolute atomic E-state index is 0.0458. The molecule has 0 amide bonds. The molecule has 1 aliphatic rings. The molecule has 6 nitrogen and oxygen atoms in total. The Bertz CT molecular complexity index is 517. The molecule has 1 aliphatic heterocycles. The van der Waals surface area contributed by atoms with Gasteiger partial charge in [0.15, 0.2) is 5.82 Å². The van der Waals surface area contributed by atoms with Crippen LogP contribution in [0.5, 0.6) is 0 Å². The lowest BCUT2D eigenvalue weighted by Crippen LogP contribution is -2.50. The van der Waals surface area contributed by atoms with Crippen LogP contribution >= 0.6 is 0 Å². The number of anilines is 1. The molecule has 2 atom stereocenters. The predicted octanol–water partition coefficient (Wildman–Crippen LogP) is 1.38. The molecule has 1 aromatic rings. The molecule has 2 unspecified atom stereocenters. The topological polar surface area (TPSA) is 88.1 Å². The Kier molecular flexibility index (Phi) is 4.23. The maximum atomic E-state index is 7.86. The number of hydrogen-bond donors (Lipinski definition) is 2. The van der Waals surface area contributed by atoms with Crippen LogP contribution in [0.25, 0.3) is 0 Å². The van der Waals surface area contributed by atoms with Crippen molar-refractivity contribution >= 4 is 11.7 Å². The van der Waals surface area contributed by atoms with Gasteiger partial charge in [0.25, 0.3) is 0 Å². The van der Waals surface area contributed by atoms with Gasteiger partial charge in [0.2, 0.25) is 0 Å². The molecule has 2 rings (SSSR count). The van der Waals surface area contributed by atoms with E-state index in [-0.39, 0.29) is 18.0 Å². The Balaban J connectivity index is 2.50. The van der Waals surface area contributed by atoms with Crippen LogP contribution in [0.1, 0.15) is 37.1 Å². The molecule has 0 aliphatic carbocycles. The van der Waals surface area contributed by atoms with E-state index >= 15 is 0 Å². The Labute approximate surface area is 119 Å². The van der Waals surface area contributed by atoms with Crippen molar-refractivity contribution in [2.45, 2.75) is 46.3 Å². The Morgan fingerprint density at radius 1 is 1.45 bits per heavy atom. The first kappa shape index (κ1) is 14.7. The van der Waals surface area contributed by atoms with E-state index in [1.165, 1.54) is 0 Å². The van der Waals surface area contributed by atoms with Gasteiger partial charge in [-0.25, -0.2) is 0 Å². The van der Waals surface area contributed by atoms with Gasteiger partial charge in [-0.05, 0) is 32.8 Å². The van der Waals surface area contributed by atoms with Gasteiger partial charge < -0.3 is 15.4 Å². The van der Waals surface area contributed by atoms with E-state index in [1.807, 2.05) is 20.8 Å². The SMILES string of the molecule is CCC1COC(C)CN1c1nnc(C)c(C)c1C(=N)N. The van der Waals surface area contributed by atoms with Gasteiger partial charge >= 0.3 is 0 Å². The van der Waals surface area contributed by atoms with Crippen LogP contribution in [0.2, 0.25) is 0 Å². The summed E-state index contributed by atoms with van der Waals surface area (Å²) in [5, 5.41) is 16.4. The van der Waals surface area contributed by atoms with E-state index in [0.29, 0.717) is 18.0 Å². The highest BCUT2D eigenvalue weighted by Gasteiger charge is 2.30. The highest BCUT2D eigenvalue weighted by atomic mass is 16.5. The average molecular weight is 277 g/mol. The van der Waals surface area contributed by atoms with Gasteiger partial charge in [-0.1, -0.05) is 6.92 Å². The highest BCUT2D eigenvalue weighted by Crippen LogP contribution is 2.27. The molecule has 20 heavy (non-hydrogen) atoms. The van der Waals surface area contributed by atoms with Crippen molar-refractivity contribution < 1.29 is 4.74 Å². The molecular formula is C14H23N5O. The fourth-order valence-electron chi connectivity index (χ4n) is 2.56. The molecule has 0 radical (unpaired) electrons. The van der Waals surface area contributed by atoms with Gasteiger partial charge in [0.1, 0.15) is 5.84 Å². The second-order valence-corrected chi connectivity index (χ2v) is 5.38. The van der Waals surface area contributed by atoms with Crippen molar-refractivity contribution in [2.75, 3.05) is 18.1 Å². The number of nitrogens with two attached hydrogens (primary N) is 1. The second-order valence-electron chi connectivity index (χ2n) is 5.38. The molecule has 3 N–H and O–H groups in total. The van der Waals surface area contributed by atoms with E-state index in [4.69, 9.17) is 15.9 Å². The smallest absolute Gasteiger partial charge is 0.162 e. The quantitative estimate of drug-likeness (QED) is 0.643. The Hall–Kier alpha value is -1.69. The van der Waals surface area contributed by atoms with Crippen LogP contribution in [0.4, 0.5) is 5.82 Å². The van der Waals surface area contributed by atoms with Crippen LogP contribution in [0.3, 0.4) is 0 Å². The summed E-state index contributed by atoms with van der Waals surface area (Å²) in [5.74, 6) is 0.757. The van der Waals surface area contributed by atoms with Crippen molar-refractivity contribution in [2.24, 2.45) is 5.73 Å². The summed E-state index contributed by atoms with van der Waals surface area (Å²) in [4.78, 5) is 2.18. The zero-order valence-electron chi connectivity index (χ0n) is 12.6. The van der Waals surface area contributed by atoms with Gasteiger partial charge in [-0.3, -0.25) is 5.41 Å². The third-order valence-electron chi connectivity index (χ3n) is 3.92. The number of morpholine rings is 1. The van der Waals surface area contributed by atoms with E-state index in [1.54, 1.807) is 0 Å². The zero-order valence-corrected chi connectivity index (χ0v) is 12.6. The van der Waals surface area contributed by atoms with Crippen molar-refractivity contribution in [3.05, 3.63) is 16.8 Å². The zero-order chi connectivity index (χ0) is 14.9. The summed E-state index contributed by atoms with van der Waals surface area (Å²) in [6, 6.07) is 0.251. The van der Waals surface area contributed by atoms with Crippen LogP contribution in [-0.2, 0) is 4.74 Å². The molecule has 0 aromatic carbocycles. The molecular weight excluding hydrogens is 254 g/mol. The Morgan fingerprint density at radius 3 is 2.75 bits per heavy atom. The van der Waals surface area contributed by atoms with Crippen LogP contribution in [0.15, 0.2) is 0 Å². The van der Waals surface area contributed by atoms with Crippen molar-refractivity contribution in [3.63, 3.8) is 0 Å². The summed E-state index contributed by atoms with van der Waals surface area (Å²) < 4.78 is 5.71. The van der Waals surface area contributed by atoms with E-state index in [0.717, 1.165) is 24.2 Å². The van der Waals surface area contributed by atoms with Crippen molar-refractivity contribution in [1.29, 1.82) is 5.41 Å². The van der Waals surface area contributed by atoms with E-state index < -0.39 is 0 Å². The van der Waals surface area contributed by atoms with Gasteiger partial charge in [-0.15, -0.1) is 5.10 Å². The molecule has 0 saturated carbocycles. The van der Waals surface area contributed by atoms with E-state index in [2.05, 4.69) is 22.0 Å². The molecule has 1 fully saturated rings. The maximum Gasteiger partial charge on any atom is 0.162 e. The number of nitrogens with zero attached hydrogens (tertiary/aromatic N) is 3. The number of amidine groups is 1. The third-order valence-corrected chi connectivity index (χ3v) is 3.92. The maximum absolute atomic E-state index is 7.86. The standard InChI is InChI=1S/C14H23N5O/c1-5-11-7-20-8(2)6-19(11)14-12(13(15)16)9(3)10(4)17-18-14/h8,11H,5-7H2,1-4H3,(H3,15,16). The minimum atomic E-state index is 0.0458. The monoisotopic (exact) mass is 277 g/mol. The molecule has 1 saturated heterocycles. The predicted molar refractivity (Wildman–Crippen MR) is 79.4 cm³/mol. The van der Waals surface area contributed by atoms with Gasteiger partial charge in [-0.2, -0.15) is 5.10 Å². The van der Waals surface area contributed by atoms with Gasteiger partial charge in [0, 0.05) is 6.54 Å². The molecule has 110 valence electrons. The second kappa shape index (κ2) is 5.75. The molecule has 1 aromatic heterocycles. The van der Waals surface area contributed by atoms with Crippen LogP contribution < -0.4 is 10.6 Å². The molecule has 6 heteroatoms. The van der Waals surface area contributed by atoms with Crippen LogP contribution in [-0.4, -0.2) is 41.3 Å². The third kappa shape index (κ3) is 2.60. The number of aromatic nitrogens is 2. The minimum Gasteiger partial charge on any atom is -0.384 e. The lowest BCUT2D eigenvalue weighted by molar-refractivity contribution is 0.0295. The molecule has 0 bridgehead atoms. The van der Waals surface area contributed by atoms with Crippen LogP contribution in [0, 0.1) is 19.3 Å². The highest BCUT2D eigenvalue weighted by molar-refractivity contribution is 6.01. The lowest BCUT2D eigenvalue weighted by atomic mass is 10.0. The van der Waals surface area contributed by atoms with Crippen molar-refractivity contribution in [1.82, 2.24) is 10.2 Å². The van der Waals surface area contributed by atoms with E-state index in [9.17, 15) is 0 Å². The lowest BCUT2D eigenvalue weighted by Gasteiger charge is -2.39. The summed E-state index contributed by atoms with van der Waals surface area (Å²) >= 11 is 0. The average Bonchev–Trinajstić information content (AvgIpc) is 2.41. The van der Waals surface area contributed by atoms with Crippen molar-refractivity contribution in [3.8, 4) is 0 Å². The normalized spacial score (nSPS) is 22.9. The number of nitrogens with one attached hydrogen (secondary N) is 1. The number of hydrogen-bond acceptors (Lipinski definition) is 5. The number of nitrogen functional groups attached to an aromatic ring is 1. The number of rotatable bonds is 3. The fraction of sp³-hybridized carbons (Fsp3) is 0.643. The first-order chi connectivity index (χ1) is 9.45. The first-order valence-electron chi connectivity index (χ1n) is 7.02. The largest absolute Gasteiger partial charge is 0.384 e. The number of ether oxygens (including phenoxy) is 1. The Morgan fingerprint density at radius 2 is 2.15 bits per heavy atom. The summed E-state index contributed by atoms with van der Waals surface area (Å²) in [7, 11) is 0. The molecule has 0 spiro atoms. The summed E-state index contributed by atoms with van der Waals surface area (Å²) in [6.45, 7) is 9.41. The molecule has 2 heterocycles.